The molecule has 0 saturated carbocycles. The Hall–Kier alpha value is -1.24. The number of nitrogens with zero attached hydrogens (tertiary/aromatic N) is 1. The second-order valence-electron chi connectivity index (χ2n) is 6.76. The highest BCUT2D eigenvalue weighted by atomic mass is 15.2. The normalized spacial score (nSPS) is 16.1. The Balaban J connectivity index is 2.40. The second-order valence-corrected chi connectivity index (χ2v) is 6.76. The lowest BCUT2D eigenvalue weighted by Crippen LogP contribution is -2.31. The molecule has 2 rings (SSSR count). The van der Waals surface area contributed by atoms with Crippen LogP contribution in [0.25, 0.3) is 0 Å². The number of unbranched alkanes of at least 4 members (excludes halogenated alkanes) is 3. The lowest BCUT2D eigenvalue weighted by Gasteiger charge is -2.33. The van der Waals surface area contributed by atoms with Gasteiger partial charge in [0.2, 0.25) is 0 Å². The third kappa shape index (κ3) is 3.09. The molecule has 1 aromatic carbocycles. The first-order valence-electron chi connectivity index (χ1n) is 9.27. The molecule has 1 aliphatic rings. The molecule has 1 heterocycles. The van der Waals surface area contributed by atoms with Crippen LogP contribution >= 0.6 is 0 Å². The highest BCUT2D eigenvalue weighted by Crippen LogP contribution is 2.52. The van der Waals surface area contributed by atoms with Gasteiger partial charge in [-0.2, -0.15) is 0 Å². The van der Waals surface area contributed by atoms with E-state index in [2.05, 4.69) is 56.5 Å². The van der Waals surface area contributed by atoms with E-state index < -0.39 is 0 Å². The van der Waals surface area contributed by atoms with Crippen molar-refractivity contribution in [2.24, 2.45) is 0 Å². The zero-order chi connectivity index (χ0) is 16.0. The summed E-state index contributed by atoms with van der Waals surface area (Å²) in [5.41, 5.74) is 4.52. The predicted molar refractivity (Wildman–Crippen MR) is 98.6 cm³/mol. The van der Waals surface area contributed by atoms with Crippen molar-refractivity contribution in [3.63, 3.8) is 0 Å². The Morgan fingerprint density at radius 3 is 2.09 bits per heavy atom. The van der Waals surface area contributed by atoms with Crippen LogP contribution in [0.2, 0.25) is 0 Å². The number of para-hydroxylation sites is 1. The van der Waals surface area contributed by atoms with E-state index >= 15 is 0 Å². The van der Waals surface area contributed by atoms with Crippen LogP contribution in [0.15, 0.2) is 36.5 Å². The summed E-state index contributed by atoms with van der Waals surface area (Å²) >= 11 is 0. The monoisotopic (exact) mass is 299 g/mol. The lowest BCUT2D eigenvalue weighted by molar-refractivity contribution is 0.405. The van der Waals surface area contributed by atoms with Gasteiger partial charge in [0, 0.05) is 23.3 Å². The van der Waals surface area contributed by atoms with Crippen LogP contribution in [0.4, 0.5) is 5.69 Å². The molecule has 0 saturated heterocycles. The van der Waals surface area contributed by atoms with Gasteiger partial charge in [-0.05, 0) is 30.9 Å². The summed E-state index contributed by atoms with van der Waals surface area (Å²) in [5.74, 6) is 0. The summed E-state index contributed by atoms with van der Waals surface area (Å²) < 4.78 is 0. The van der Waals surface area contributed by atoms with Gasteiger partial charge in [0.25, 0.3) is 0 Å². The number of rotatable bonds is 9. The van der Waals surface area contributed by atoms with Crippen molar-refractivity contribution in [1.82, 2.24) is 0 Å². The largest absolute Gasteiger partial charge is 0.345 e. The van der Waals surface area contributed by atoms with E-state index in [9.17, 15) is 0 Å². The smallest absolute Gasteiger partial charge is 0.0450 e. The minimum absolute atomic E-state index is 0.191. The molecular formula is C21H33N. The van der Waals surface area contributed by atoms with Crippen molar-refractivity contribution in [2.75, 3.05) is 11.4 Å². The molecular weight excluding hydrogens is 266 g/mol. The molecule has 0 unspecified atom stereocenters. The third-order valence-electron chi connectivity index (χ3n) is 5.24. The number of hydrogen-bond donors (Lipinski definition) is 0. The lowest BCUT2D eigenvalue weighted by atomic mass is 9.72. The molecule has 0 radical (unpaired) electrons. The van der Waals surface area contributed by atoms with Crippen LogP contribution in [0, 0.1) is 0 Å². The maximum Gasteiger partial charge on any atom is 0.0450 e. The van der Waals surface area contributed by atoms with Crippen LogP contribution in [-0.4, -0.2) is 6.54 Å². The molecule has 0 fully saturated rings. The minimum Gasteiger partial charge on any atom is -0.345 e. The average Bonchev–Trinajstić information content (AvgIpc) is 2.78. The maximum atomic E-state index is 4.59. The minimum atomic E-state index is 0.191. The summed E-state index contributed by atoms with van der Waals surface area (Å²) in [6.45, 7) is 12.6. The molecule has 0 spiro atoms. The fraction of sp³-hybridized carbons (Fsp3) is 0.619. The van der Waals surface area contributed by atoms with E-state index in [1.807, 2.05) is 0 Å². The fourth-order valence-electron chi connectivity index (χ4n) is 3.88. The van der Waals surface area contributed by atoms with Crippen molar-refractivity contribution in [3.8, 4) is 0 Å². The Kier molecular flexibility index (Phi) is 6.11. The molecule has 0 N–H and O–H groups in total. The first-order chi connectivity index (χ1) is 10.7. The molecule has 122 valence electrons. The van der Waals surface area contributed by atoms with Gasteiger partial charge in [-0.15, -0.1) is 0 Å². The van der Waals surface area contributed by atoms with Crippen molar-refractivity contribution in [1.29, 1.82) is 0 Å². The van der Waals surface area contributed by atoms with Gasteiger partial charge in [-0.1, -0.05) is 77.7 Å². The molecule has 1 heteroatoms. The van der Waals surface area contributed by atoms with Crippen LogP contribution in [0.1, 0.15) is 77.7 Å². The van der Waals surface area contributed by atoms with E-state index in [0.29, 0.717) is 0 Å². The zero-order valence-corrected chi connectivity index (χ0v) is 14.8. The number of hydrogen-bond acceptors (Lipinski definition) is 1. The maximum absolute atomic E-state index is 4.59. The molecule has 0 aliphatic carbocycles. The number of anilines is 1. The van der Waals surface area contributed by atoms with Crippen molar-refractivity contribution in [2.45, 2.75) is 77.6 Å². The highest BCUT2D eigenvalue weighted by Gasteiger charge is 2.44. The fourth-order valence-corrected chi connectivity index (χ4v) is 3.88. The van der Waals surface area contributed by atoms with E-state index in [0.717, 1.165) is 6.54 Å². The molecule has 0 atom stereocenters. The Morgan fingerprint density at radius 1 is 0.909 bits per heavy atom. The predicted octanol–water partition coefficient (Wildman–Crippen LogP) is 6.44. The summed E-state index contributed by atoms with van der Waals surface area (Å²) in [7, 11) is 0. The Morgan fingerprint density at radius 2 is 1.50 bits per heavy atom. The highest BCUT2D eigenvalue weighted by molar-refractivity contribution is 5.70. The van der Waals surface area contributed by atoms with E-state index in [1.165, 1.54) is 68.3 Å². The molecule has 0 aromatic heterocycles. The molecule has 1 aromatic rings. The van der Waals surface area contributed by atoms with Crippen LogP contribution in [0.5, 0.6) is 0 Å². The Bertz CT molecular complexity index is 480. The van der Waals surface area contributed by atoms with E-state index in [1.54, 1.807) is 0 Å². The van der Waals surface area contributed by atoms with E-state index in [4.69, 9.17) is 0 Å². The van der Waals surface area contributed by atoms with Crippen LogP contribution < -0.4 is 4.90 Å². The van der Waals surface area contributed by atoms with Crippen LogP contribution in [-0.2, 0) is 5.41 Å². The quantitative estimate of drug-likeness (QED) is 0.507. The molecule has 1 aliphatic heterocycles. The second kappa shape index (κ2) is 7.85. The number of fused-ring (bicyclic) bond motifs is 1. The summed E-state index contributed by atoms with van der Waals surface area (Å²) in [4.78, 5) is 2.52. The zero-order valence-electron chi connectivity index (χ0n) is 14.8. The van der Waals surface area contributed by atoms with Gasteiger partial charge in [-0.25, -0.2) is 0 Å². The average molecular weight is 300 g/mol. The van der Waals surface area contributed by atoms with E-state index in [-0.39, 0.29) is 5.41 Å². The first kappa shape index (κ1) is 17.1. The standard InChI is InChI=1S/C21H33N/c1-5-8-15-21(16-9-6-2)18(4)22(17-10-7-3)20-14-12-11-13-19(20)21/h11-14H,4-10,15-17H2,1-3H3. The van der Waals surface area contributed by atoms with Gasteiger partial charge in [0.15, 0.2) is 0 Å². The van der Waals surface area contributed by atoms with Crippen LogP contribution in [0.3, 0.4) is 0 Å². The van der Waals surface area contributed by atoms with Gasteiger partial charge in [-0.3, -0.25) is 0 Å². The molecule has 0 amide bonds. The van der Waals surface area contributed by atoms with Gasteiger partial charge in [0.05, 0.1) is 0 Å². The summed E-state index contributed by atoms with van der Waals surface area (Å²) in [6, 6.07) is 9.05. The topological polar surface area (TPSA) is 3.24 Å². The first-order valence-corrected chi connectivity index (χ1v) is 9.27. The Labute approximate surface area is 137 Å². The summed E-state index contributed by atoms with van der Waals surface area (Å²) in [5, 5.41) is 0. The van der Waals surface area contributed by atoms with Crippen molar-refractivity contribution >= 4 is 5.69 Å². The molecule has 0 bridgehead atoms. The SMILES string of the molecule is C=C1N(CCCC)c2ccccc2C1(CCCC)CCCC. The van der Waals surface area contributed by atoms with Crippen molar-refractivity contribution < 1.29 is 0 Å². The molecule has 22 heavy (non-hydrogen) atoms. The number of benzene rings is 1. The van der Waals surface area contributed by atoms with Gasteiger partial charge >= 0.3 is 0 Å². The number of allylic oxidation sites excluding steroid dienone is 1. The molecule has 1 nitrogen and oxygen atoms in total. The van der Waals surface area contributed by atoms with Gasteiger partial charge < -0.3 is 4.90 Å². The summed E-state index contributed by atoms with van der Waals surface area (Å²) in [6.07, 6.45) is 10.1. The van der Waals surface area contributed by atoms with Crippen molar-refractivity contribution in [3.05, 3.63) is 42.1 Å². The van der Waals surface area contributed by atoms with Gasteiger partial charge in [0.1, 0.15) is 0 Å². The third-order valence-corrected chi connectivity index (χ3v) is 5.24.